The maximum atomic E-state index is 8.45. The molecule has 0 atom stereocenters. The van der Waals surface area contributed by atoms with Crippen molar-refractivity contribution in [2.75, 3.05) is 11.9 Å². The molecule has 0 fully saturated rings. The van der Waals surface area contributed by atoms with E-state index in [1.807, 2.05) is 30.3 Å². The van der Waals surface area contributed by atoms with E-state index >= 15 is 0 Å². The van der Waals surface area contributed by atoms with E-state index in [2.05, 4.69) is 11.4 Å². The van der Waals surface area contributed by atoms with E-state index < -0.39 is 0 Å². The molecule has 4 nitrogen and oxygen atoms in total. The number of benzene rings is 1. The van der Waals surface area contributed by atoms with Crippen LogP contribution >= 0.6 is 11.6 Å². The number of nitrogens with one attached hydrogen (secondary N) is 1. The first-order valence-electron chi connectivity index (χ1n) is 6.36. The van der Waals surface area contributed by atoms with Crippen LogP contribution in [-0.2, 0) is 6.54 Å². The van der Waals surface area contributed by atoms with Crippen LogP contribution < -0.4 is 10.1 Å². The molecule has 0 bridgehead atoms. The molecule has 5 heteroatoms. The molecule has 0 spiro atoms. The highest BCUT2D eigenvalue weighted by atomic mass is 35.5. The van der Waals surface area contributed by atoms with Crippen LogP contribution in [0.4, 0.5) is 5.69 Å². The van der Waals surface area contributed by atoms with Crippen molar-refractivity contribution < 1.29 is 9.15 Å². The second kappa shape index (κ2) is 7.46. The van der Waals surface area contributed by atoms with Gasteiger partial charge in [-0.3, -0.25) is 0 Å². The molecular formula is C15H15ClN2O2. The van der Waals surface area contributed by atoms with Crippen LogP contribution in [0, 0.1) is 11.3 Å². The molecule has 0 aliphatic rings. The molecule has 1 aromatic carbocycles. The van der Waals surface area contributed by atoms with Crippen molar-refractivity contribution in [2.24, 2.45) is 0 Å². The van der Waals surface area contributed by atoms with Gasteiger partial charge in [-0.2, -0.15) is 5.26 Å². The zero-order valence-corrected chi connectivity index (χ0v) is 11.7. The van der Waals surface area contributed by atoms with E-state index in [9.17, 15) is 0 Å². The van der Waals surface area contributed by atoms with Crippen molar-refractivity contribution in [3.05, 3.63) is 47.4 Å². The molecule has 0 amide bonds. The number of furan rings is 1. The molecule has 2 aromatic rings. The summed E-state index contributed by atoms with van der Waals surface area (Å²) in [5.74, 6) is 1.56. The third-order valence-electron chi connectivity index (χ3n) is 2.63. The van der Waals surface area contributed by atoms with Gasteiger partial charge in [-0.15, -0.1) is 0 Å². The standard InChI is InChI=1S/C15H15ClN2O2/c16-15-7-6-14(20-15)11-18-12-4-3-5-13(10-12)19-9-2-1-8-17/h3-7,10,18H,1-2,9,11H2. The van der Waals surface area contributed by atoms with E-state index in [1.165, 1.54) is 0 Å². The Kier molecular flexibility index (Phi) is 5.33. The molecule has 20 heavy (non-hydrogen) atoms. The molecule has 2 rings (SSSR count). The Hall–Kier alpha value is -2.12. The molecule has 0 saturated carbocycles. The van der Waals surface area contributed by atoms with Gasteiger partial charge >= 0.3 is 0 Å². The zero-order valence-electron chi connectivity index (χ0n) is 10.9. The van der Waals surface area contributed by atoms with Crippen LogP contribution in [0.2, 0.25) is 5.22 Å². The average Bonchev–Trinajstić information content (AvgIpc) is 2.88. The van der Waals surface area contributed by atoms with Crippen LogP contribution in [0.1, 0.15) is 18.6 Å². The van der Waals surface area contributed by atoms with Crippen LogP contribution in [0.5, 0.6) is 5.75 Å². The Bertz CT molecular complexity index is 590. The Morgan fingerprint density at radius 1 is 1.30 bits per heavy atom. The fourth-order valence-corrected chi connectivity index (χ4v) is 1.84. The number of halogens is 1. The van der Waals surface area contributed by atoms with Crippen LogP contribution in [0.25, 0.3) is 0 Å². The highest BCUT2D eigenvalue weighted by Crippen LogP contribution is 2.19. The molecule has 0 saturated heterocycles. The Morgan fingerprint density at radius 2 is 2.20 bits per heavy atom. The smallest absolute Gasteiger partial charge is 0.193 e. The summed E-state index contributed by atoms with van der Waals surface area (Å²) < 4.78 is 10.8. The molecule has 1 aromatic heterocycles. The number of ether oxygens (including phenoxy) is 1. The number of anilines is 1. The van der Waals surface area contributed by atoms with Gasteiger partial charge in [0.2, 0.25) is 0 Å². The third kappa shape index (κ3) is 4.52. The van der Waals surface area contributed by atoms with Crippen LogP contribution in [0.15, 0.2) is 40.8 Å². The number of unbranched alkanes of at least 4 members (excludes halogenated alkanes) is 1. The summed E-state index contributed by atoms with van der Waals surface area (Å²) in [5, 5.41) is 12.1. The predicted molar refractivity (Wildman–Crippen MR) is 77.8 cm³/mol. The average molecular weight is 291 g/mol. The lowest BCUT2D eigenvalue weighted by Crippen LogP contribution is -2.00. The lowest BCUT2D eigenvalue weighted by Gasteiger charge is -2.08. The lowest BCUT2D eigenvalue weighted by molar-refractivity contribution is 0.313. The second-order valence-corrected chi connectivity index (χ2v) is 4.57. The molecule has 1 heterocycles. The number of hydrogen-bond acceptors (Lipinski definition) is 4. The summed E-state index contributed by atoms with van der Waals surface area (Å²) in [6.07, 6.45) is 1.25. The molecule has 0 unspecified atom stereocenters. The second-order valence-electron chi connectivity index (χ2n) is 4.20. The first-order valence-corrected chi connectivity index (χ1v) is 6.73. The van der Waals surface area contributed by atoms with Crippen LogP contribution in [-0.4, -0.2) is 6.61 Å². The van der Waals surface area contributed by atoms with E-state index in [4.69, 9.17) is 26.0 Å². The Balaban J connectivity index is 1.84. The monoisotopic (exact) mass is 290 g/mol. The first-order chi connectivity index (χ1) is 9.78. The third-order valence-corrected chi connectivity index (χ3v) is 2.83. The zero-order chi connectivity index (χ0) is 14.2. The summed E-state index contributed by atoms with van der Waals surface area (Å²) in [7, 11) is 0. The van der Waals surface area contributed by atoms with Gasteiger partial charge in [-0.25, -0.2) is 0 Å². The quantitative estimate of drug-likeness (QED) is 0.775. The predicted octanol–water partition coefficient (Wildman–Crippen LogP) is 4.23. The van der Waals surface area contributed by atoms with E-state index in [0.29, 0.717) is 24.8 Å². The van der Waals surface area contributed by atoms with E-state index in [1.54, 1.807) is 6.07 Å². The molecule has 0 aliphatic heterocycles. The minimum atomic E-state index is 0.386. The van der Waals surface area contributed by atoms with Gasteiger partial charge in [0, 0.05) is 18.2 Å². The van der Waals surface area contributed by atoms with Gasteiger partial charge < -0.3 is 14.5 Å². The number of nitrogens with zero attached hydrogens (tertiary/aromatic N) is 1. The minimum absolute atomic E-state index is 0.386. The summed E-state index contributed by atoms with van der Waals surface area (Å²) in [6, 6.07) is 13.3. The van der Waals surface area contributed by atoms with Gasteiger partial charge in [-0.05, 0) is 42.3 Å². The fourth-order valence-electron chi connectivity index (χ4n) is 1.67. The van der Waals surface area contributed by atoms with E-state index in [-0.39, 0.29) is 0 Å². The summed E-state index contributed by atoms with van der Waals surface area (Å²) in [6.45, 7) is 1.11. The number of nitriles is 1. The molecule has 1 N–H and O–H groups in total. The van der Waals surface area contributed by atoms with Gasteiger partial charge in [0.1, 0.15) is 11.5 Å². The van der Waals surface area contributed by atoms with Gasteiger partial charge in [0.15, 0.2) is 5.22 Å². The Labute approximate surface area is 122 Å². The lowest BCUT2D eigenvalue weighted by atomic mass is 10.3. The summed E-state index contributed by atoms with van der Waals surface area (Å²) in [4.78, 5) is 0. The molecule has 0 aliphatic carbocycles. The van der Waals surface area contributed by atoms with Crippen LogP contribution in [0.3, 0.4) is 0 Å². The summed E-state index contributed by atoms with van der Waals surface area (Å²) in [5.41, 5.74) is 0.940. The largest absolute Gasteiger partial charge is 0.493 e. The van der Waals surface area contributed by atoms with E-state index in [0.717, 1.165) is 23.6 Å². The first kappa shape index (κ1) is 14.3. The normalized spacial score (nSPS) is 10.0. The molecule has 0 radical (unpaired) electrons. The van der Waals surface area contributed by atoms with Crippen molar-refractivity contribution in [3.63, 3.8) is 0 Å². The molecule has 104 valence electrons. The van der Waals surface area contributed by atoms with Gasteiger partial charge in [0.05, 0.1) is 19.2 Å². The number of rotatable bonds is 7. The fraction of sp³-hybridized carbons (Fsp3) is 0.267. The SMILES string of the molecule is N#CCCCOc1cccc(NCc2ccc(Cl)o2)c1. The molecular weight excluding hydrogens is 276 g/mol. The number of hydrogen-bond donors (Lipinski definition) is 1. The minimum Gasteiger partial charge on any atom is -0.493 e. The maximum Gasteiger partial charge on any atom is 0.193 e. The van der Waals surface area contributed by atoms with Gasteiger partial charge in [0.25, 0.3) is 0 Å². The van der Waals surface area contributed by atoms with Crippen molar-refractivity contribution in [1.29, 1.82) is 5.26 Å². The van der Waals surface area contributed by atoms with Crippen molar-refractivity contribution in [1.82, 2.24) is 0 Å². The van der Waals surface area contributed by atoms with Gasteiger partial charge in [-0.1, -0.05) is 6.07 Å². The topological polar surface area (TPSA) is 58.2 Å². The van der Waals surface area contributed by atoms with Crippen molar-refractivity contribution in [2.45, 2.75) is 19.4 Å². The highest BCUT2D eigenvalue weighted by molar-refractivity contribution is 6.28. The Morgan fingerprint density at radius 3 is 2.95 bits per heavy atom. The maximum absolute atomic E-state index is 8.45. The van der Waals surface area contributed by atoms with Crippen molar-refractivity contribution in [3.8, 4) is 11.8 Å². The highest BCUT2D eigenvalue weighted by Gasteiger charge is 2.01. The summed E-state index contributed by atoms with van der Waals surface area (Å²) >= 11 is 5.71. The van der Waals surface area contributed by atoms with Crippen molar-refractivity contribution >= 4 is 17.3 Å².